The average Bonchev–Trinajstić information content (AvgIpc) is 3.50. The maximum Gasteiger partial charge on any atom is 0.116 e. The van der Waals surface area contributed by atoms with Crippen molar-refractivity contribution in [2.24, 2.45) is 0 Å². The number of hydrogen-bond donors (Lipinski definition) is 2. The summed E-state index contributed by atoms with van der Waals surface area (Å²) in [6.45, 7) is 2.00. The zero-order valence-electron chi connectivity index (χ0n) is 17.0. The van der Waals surface area contributed by atoms with Crippen molar-refractivity contribution in [2.75, 3.05) is 0 Å². The lowest BCUT2D eigenvalue weighted by Gasteiger charge is -2.06. The molecule has 0 radical (unpaired) electrons. The Bertz CT molecular complexity index is 1460. The first kappa shape index (κ1) is 17.7. The maximum atomic E-state index is 4.64. The Morgan fingerprint density at radius 1 is 1.10 bits per heavy atom. The molecule has 0 spiro atoms. The number of fused-ring (bicyclic) bond motifs is 2. The maximum absolute atomic E-state index is 4.64. The highest BCUT2D eigenvalue weighted by atomic mass is 15.1. The van der Waals surface area contributed by atoms with Gasteiger partial charge >= 0.3 is 0 Å². The van der Waals surface area contributed by atoms with Gasteiger partial charge in [0.2, 0.25) is 0 Å². The smallest absolute Gasteiger partial charge is 0.116 e. The standard InChI is InChI=1S/C25H20N6/c1-16-14-31(15-27-16)24-7-3-2-6-21-19(24)12-23(28-21)25-20-11-17(8-9-22(20)29-30-25)18-5-4-10-26-13-18/h2-5,7-15,28H,6H2,1H3,(H,29,30). The molecule has 0 atom stereocenters. The molecule has 6 heteroatoms. The summed E-state index contributed by atoms with van der Waals surface area (Å²) >= 11 is 0. The third kappa shape index (κ3) is 3.00. The van der Waals surface area contributed by atoms with Gasteiger partial charge in [-0.2, -0.15) is 5.10 Å². The van der Waals surface area contributed by atoms with Gasteiger partial charge in [-0.1, -0.05) is 24.3 Å². The van der Waals surface area contributed by atoms with Crippen molar-refractivity contribution in [3.05, 3.63) is 96.5 Å². The zero-order chi connectivity index (χ0) is 20.8. The summed E-state index contributed by atoms with van der Waals surface area (Å²) in [7, 11) is 0. The van der Waals surface area contributed by atoms with Crippen LogP contribution in [0.3, 0.4) is 0 Å². The minimum Gasteiger partial charge on any atom is -0.356 e. The fraction of sp³-hybridized carbons (Fsp3) is 0.0800. The Hall–Kier alpha value is -4.19. The molecule has 150 valence electrons. The van der Waals surface area contributed by atoms with Crippen LogP contribution >= 0.6 is 0 Å². The molecule has 4 heterocycles. The predicted octanol–water partition coefficient (Wildman–Crippen LogP) is 5.13. The fourth-order valence-corrected chi connectivity index (χ4v) is 4.16. The molecule has 0 aliphatic heterocycles. The van der Waals surface area contributed by atoms with Crippen LogP contribution in [0.2, 0.25) is 0 Å². The molecule has 1 aromatic carbocycles. The molecule has 6 rings (SSSR count). The normalized spacial score (nSPS) is 13.3. The van der Waals surface area contributed by atoms with Crippen LogP contribution < -0.4 is 0 Å². The van der Waals surface area contributed by atoms with E-state index in [-0.39, 0.29) is 0 Å². The van der Waals surface area contributed by atoms with E-state index < -0.39 is 0 Å². The molecule has 0 bridgehead atoms. The van der Waals surface area contributed by atoms with Crippen molar-refractivity contribution in [3.8, 4) is 22.5 Å². The third-order valence-corrected chi connectivity index (χ3v) is 5.69. The Kier molecular flexibility index (Phi) is 3.96. The van der Waals surface area contributed by atoms with E-state index in [0.29, 0.717) is 0 Å². The second kappa shape index (κ2) is 6.95. The lowest BCUT2D eigenvalue weighted by atomic mass is 10.0. The lowest BCUT2D eigenvalue weighted by Crippen LogP contribution is -1.97. The number of nitrogens with one attached hydrogen (secondary N) is 2. The van der Waals surface area contributed by atoms with Gasteiger partial charge in [0.25, 0.3) is 0 Å². The van der Waals surface area contributed by atoms with Crippen molar-refractivity contribution >= 4 is 16.6 Å². The number of nitrogens with zero attached hydrogens (tertiary/aromatic N) is 4. The van der Waals surface area contributed by atoms with Crippen LogP contribution in [0, 0.1) is 6.92 Å². The lowest BCUT2D eigenvalue weighted by molar-refractivity contribution is 1.07. The number of benzene rings is 1. The van der Waals surface area contributed by atoms with Crippen LogP contribution in [0.1, 0.15) is 17.0 Å². The van der Waals surface area contributed by atoms with Crippen LogP contribution in [0.15, 0.2) is 79.5 Å². The molecule has 1 aliphatic rings. The Balaban J connectivity index is 1.48. The van der Waals surface area contributed by atoms with Crippen molar-refractivity contribution in [3.63, 3.8) is 0 Å². The highest BCUT2D eigenvalue weighted by molar-refractivity contribution is 5.95. The monoisotopic (exact) mass is 404 g/mol. The molecule has 4 aromatic heterocycles. The predicted molar refractivity (Wildman–Crippen MR) is 122 cm³/mol. The fourth-order valence-electron chi connectivity index (χ4n) is 4.16. The molecular weight excluding hydrogens is 384 g/mol. The van der Waals surface area contributed by atoms with Crippen LogP contribution in [0.5, 0.6) is 0 Å². The highest BCUT2D eigenvalue weighted by Gasteiger charge is 2.18. The molecule has 2 N–H and O–H groups in total. The van der Waals surface area contributed by atoms with E-state index in [1.807, 2.05) is 31.7 Å². The number of aryl methyl sites for hydroxylation is 1. The third-order valence-electron chi connectivity index (χ3n) is 5.69. The molecular formula is C25H20N6. The van der Waals surface area contributed by atoms with Crippen molar-refractivity contribution in [2.45, 2.75) is 13.3 Å². The van der Waals surface area contributed by atoms with E-state index in [4.69, 9.17) is 0 Å². The number of pyridine rings is 1. The number of rotatable bonds is 3. The minimum absolute atomic E-state index is 0.840. The van der Waals surface area contributed by atoms with Gasteiger partial charge in [0.15, 0.2) is 0 Å². The highest BCUT2D eigenvalue weighted by Crippen LogP contribution is 2.34. The first-order chi connectivity index (χ1) is 15.3. The molecule has 0 saturated carbocycles. The number of aromatic nitrogens is 6. The molecule has 0 amide bonds. The first-order valence-corrected chi connectivity index (χ1v) is 10.3. The van der Waals surface area contributed by atoms with E-state index >= 15 is 0 Å². The average molecular weight is 404 g/mol. The van der Waals surface area contributed by atoms with Gasteiger partial charge in [-0.15, -0.1) is 0 Å². The summed E-state index contributed by atoms with van der Waals surface area (Å²) in [5.41, 5.74) is 9.55. The molecule has 31 heavy (non-hydrogen) atoms. The van der Waals surface area contributed by atoms with E-state index in [1.54, 1.807) is 6.20 Å². The summed E-state index contributed by atoms with van der Waals surface area (Å²) in [4.78, 5) is 12.3. The van der Waals surface area contributed by atoms with Crippen LogP contribution in [-0.2, 0) is 6.42 Å². The largest absolute Gasteiger partial charge is 0.356 e. The van der Waals surface area contributed by atoms with E-state index in [9.17, 15) is 0 Å². The Morgan fingerprint density at radius 3 is 2.90 bits per heavy atom. The summed E-state index contributed by atoms with van der Waals surface area (Å²) in [5.74, 6) is 0. The van der Waals surface area contributed by atoms with Crippen molar-refractivity contribution in [1.82, 2.24) is 29.7 Å². The van der Waals surface area contributed by atoms with E-state index in [1.165, 1.54) is 5.69 Å². The minimum atomic E-state index is 0.840. The van der Waals surface area contributed by atoms with Gasteiger partial charge in [0.1, 0.15) is 5.69 Å². The molecule has 0 unspecified atom stereocenters. The summed E-state index contributed by atoms with van der Waals surface area (Å²) in [6.07, 6.45) is 14.8. The van der Waals surface area contributed by atoms with Crippen LogP contribution in [-0.4, -0.2) is 29.7 Å². The second-order valence-corrected chi connectivity index (χ2v) is 7.76. The topological polar surface area (TPSA) is 75.2 Å². The summed E-state index contributed by atoms with van der Waals surface area (Å²) < 4.78 is 2.07. The van der Waals surface area contributed by atoms with Gasteiger partial charge in [-0.3, -0.25) is 10.1 Å². The molecule has 5 aromatic rings. The molecule has 0 saturated heterocycles. The summed E-state index contributed by atoms with van der Waals surface area (Å²) in [5, 5.41) is 8.90. The molecule has 1 aliphatic carbocycles. The number of imidazole rings is 1. The van der Waals surface area contributed by atoms with Gasteiger partial charge in [-0.25, -0.2) is 4.98 Å². The van der Waals surface area contributed by atoms with Crippen LogP contribution in [0.25, 0.3) is 39.1 Å². The number of H-pyrrole nitrogens is 2. The van der Waals surface area contributed by atoms with Gasteiger partial charge in [-0.05, 0) is 42.8 Å². The van der Waals surface area contributed by atoms with Gasteiger partial charge < -0.3 is 9.55 Å². The van der Waals surface area contributed by atoms with Gasteiger partial charge in [0.05, 0.1) is 28.9 Å². The van der Waals surface area contributed by atoms with Crippen molar-refractivity contribution < 1.29 is 0 Å². The number of aromatic amines is 2. The molecule has 0 fully saturated rings. The number of allylic oxidation sites excluding steroid dienone is 3. The number of hydrogen-bond acceptors (Lipinski definition) is 3. The van der Waals surface area contributed by atoms with Crippen LogP contribution in [0.4, 0.5) is 0 Å². The molecule has 6 nitrogen and oxygen atoms in total. The van der Waals surface area contributed by atoms with E-state index in [0.717, 1.165) is 56.8 Å². The SMILES string of the molecule is Cc1cn(C2=CC=CCc3[nH]c(-c4n[nH]c5ccc(-c6cccnc6)cc45)cc32)cn1. The summed E-state index contributed by atoms with van der Waals surface area (Å²) in [6, 6.07) is 12.6. The second-order valence-electron chi connectivity index (χ2n) is 7.76. The zero-order valence-corrected chi connectivity index (χ0v) is 17.0. The van der Waals surface area contributed by atoms with Crippen molar-refractivity contribution in [1.29, 1.82) is 0 Å². The van der Waals surface area contributed by atoms with E-state index in [2.05, 4.69) is 78.3 Å². The van der Waals surface area contributed by atoms with Gasteiger partial charge in [0, 0.05) is 47.2 Å². The first-order valence-electron chi connectivity index (χ1n) is 10.3. The quantitative estimate of drug-likeness (QED) is 0.438. The Morgan fingerprint density at radius 2 is 2.06 bits per heavy atom. The Labute approximate surface area is 179 Å².